The van der Waals surface area contributed by atoms with Crippen molar-refractivity contribution in [3.05, 3.63) is 230 Å². The fourth-order valence-electron chi connectivity index (χ4n) is 9.36. The number of anilines is 3. The second-order valence-electron chi connectivity index (χ2n) is 16.2. The molecule has 280 valence electrons. The first-order valence-electron chi connectivity index (χ1n) is 20.5. The van der Waals surface area contributed by atoms with E-state index in [0.29, 0.717) is 0 Å². The molecule has 0 radical (unpaired) electrons. The van der Waals surface area contributed by atoms with Crippen LogP contribution in [0.1, 0.15) is 25.0 Å². The van der Waals surface area contributed by atoms with E-state index in [-0.39, 0.29) is 5.41 Å². The van der Waals surface area contributed by atoms with Gasteiger partial charge in [0.25, 0.3) is 0 Å². The van der Waals surface area contributed by atoms with E-state index in [4.69, 9.17) is 0 Å². The maximum atomic E-state index is 2.43. The summed E-state index contributed by atoms with van der Waals surface area (Å²) in [4.78, 5) is 2.40. The van der Waals surface area contributed by atoms with Gasteiger partial charge in [-0.1, -0.05) is 172 Å². The van der Waals surface area contributed by atoms with Crippen molar-refractivity contribution < 1.29 is 0 Å². The maximum Gasteiger partial charge on any atom is 0.0541 e. The molecule has 59 heavy (non-hydrogen) atoms. The molecule has 0 unspecified atom stereocenters. The Morgan fingerprint density at radius 2 is 0.712 bits per heavy atom. The molecule has 0 amide bonds. The molecule has 1 aliphatic rings. The molecule has 1 aromatic heterocycles. The maximum absolute atomic E-state index is 2.43. The zero-order valence-electron chi connectivity index (χ0n) is 33.2. The quantitative estimate of drug-likeness (QED) is 0.157. The third-order valence-electron chi connectivity index (χ3n) is 12.4. The summed E-state index contributed by atoms with van der Waals surface area (Å²) in [5.74, 6) is 0. The Hall–Kier alpha value is -7.42. The van der Waals surface area contributed by atoms with Crippen LogP contribution < -0.4 is 4.90 Å². The van der Waals surface area contributed by atoms with Gasteiger partial charge in [-0.05, 0) is 116 Å². The van der Waals surface area contributed by atoms with Gasteiger partial charge in [0.05, 0.1) is 11.0 Å². The van der Waals surface area contributed by atoms with Crippen LogP contribution in [0.2, 0.25) is 0 Å². The highest BCUT2D eigenvalue weighted by atomic mass is 15.1. The van der Waals surface area contributed by atoms with Crippen LogP contribution in [0.5, 0.6) is 0 Å². The van der Waals surface area contributed by atoms with Gasteiger partial charge in [-0.2, -0.15) is 0 Å². The zero-order valence-corrected chi connectivity index (χ0v) is 33.2. The molecule has 1 aliphatic carbocycles. The molecule has 0 atom stereocenters. The van der Waals surface area contributed by atoms with E-state index >= 15 is 0 Å². The van der Waals surface area contributed by atoms with Crippen molar-refractivity contribution in [3.8, 4) is 50.2 Å². The molecule has 0 saturated heterocycles. The lowest BCUT2D eigenvalue weighted by molar-refractivity contribution is 0.660. The van der Waals surface area contributed by atoms with Crippen LogP contribution in [0.25, 0.3) is 72.0 Å². The highest BCUT2D eigenvalue weighted by molar-refractivity contribution is 6.09. The Labute approximate surface area is 345 Å². The number of benzene rings is 9. The van der Waals surface area contributed by atoms with E-state index < -0.39 is 0 Å². The molecule has 0 aliphatic heterocycles. The Bertz CT molecular complexity index is 3080. The minimum atomic E-state index is -0.214. The average Bonchev–Trinajstić information content (AvgIpc) is 3.75. The van der Waals surface area contributed by atoms with Crippen LogP contribution in [0, 0.1) is 0 Å². The Balaban J connectivity index is 0.984. The van der Waals surface area contributed by atoms with Crippen LogP contribution >= 0.6 is 0 Å². The first-order chi connectivity index (χ1) is 29.0. The number of hydrogen-bond donors (Lipinski definition) is 0. The lowest BCUT2D eigenvalue weighted by atomic mass is 9.82. The Morgan fingerprint density at radius 3 is 1.20 bits per heavy atom. The predicted molar refractivity (Wildman–Crippen MR) is 249 cm³/mol. The van der Waals surface area contributed by atoms with Crippen molar-refractivity contribution in [2.24, 2.45) is 0 Å². The van der Waals surface area contributed by atoms with Gasteiger partial charge in [-0.25, -0.2) is 0 Å². The van der Waals surface area contributed by atoms with Gasteiger partial charge in [-0.3, -0.25) is 0 Å². The summed E-state index contributed by atoms with van der Waals surface area (Å²) < 4.78 is 2.43. The van der Waals surface area contributed by atoms with E-state index in [1.807, 2.05) is 0 Å². The molecule has 9 aromatic carbocycles. The predicted octanol–water partition coefficient (Wildman–Crippen LogP) is 15.6. The minimum Gasteiger partial charge on any atom is -0.310 e. The number of nitrogens with zero attached hydrogens (tertiary/aromatic N) is 2. The molecule has 0 N–H and O–H groups in total. The van der Waals surface area contributed by atoms with E-state index in [0.717, 1.165) is 17.1 Å². The van der Waals surface area contributed by atoms with Gasteiger partial charge < -0.3 is 9.47 Å². The summed E-state index contributed by atoms with van der Waals surface area (Å²) in [5, 5.41) is 2.56. The average molecular weight is 755 g/mol. The summed E-state index contributed by atoms with van der Waals surface area (Å²) in [5.41, 5.74) is 19.4. The lowest BCUT2D eigenvalue weighted by Gasteiger charge is -2.28. The fourth-order valence-corrected chi connectivity index (χ4v) is 9.36. The SMILES string of the molecule is CC1(C)c2cc(N(c3ccc(-c4ccccc4)cc3)c3ccc(-c4ccc(-c5ccccc5)cc4)cc3)ccc2-c2ccc(-n3c4ccccc4c4ccccc43)cc21. The lowest BCUT2D eigenvalue weighted by Crippen LogP contribution is -2.17. The first kappa shape index (κ1) is 34.8. The van der Waals surface area contributed by atoms with E-state index in [2.05, 4.69) is 242 Å². The highest BCUT2D eigenvalue weighted by Crippen LogP contribution is 2.51. The number of aromatic nitrogens is 1. The number of rotatable bonds is 7. The van der Waals surface area contributed by atoms with Gasteiger partial charge in [0.15, 0.2) is 0 Å². The number of hydrogen-bond acceptors (Lipinski definition) is 1. The van der Waals surface area contributed by atoms with Gasteiger partial charge >= 0.3 is 0 Å². The minimum absolute atomic E-state index is 0.214. The smallest absolute Gasteiger partial charge is 0.0541 e. The van der Waals surface area contributed by atoms with Crippen molar-refractivity contribution in [2.75, 3.05) is 4.90 Å². The zero-order chi connectivity index (χ0) is 39.5. The topological polar surface area (TPSA) is 8.17 Å². The monoisotopic (exact) mass is 754 g/mol. The van der Waals surface area contributed by atoms with Crippen LogP contribution in [0.3, 0.4) is 0 Å². The Morgan fingerprint density at radius 1 is 0.339 bits per heavy atom. The molecule has 11 rings (SSSR count). The van der Waals surface area contributed by atoms with Gasteiger partial charge in [0.2, 0.25) is 0 Å². The van der Waals surface area contributed by atoms with Crippen molar-refractivity contribution in [1.82, 2.24) is 4.57 Å². The van der Waals surface area contributed by atoms with Crippen molar-refractivity contribution in [1.29, 1.82) is 0 Å². The number of para-hydroxylation sites is 2. The molecular formula is C57H42N2. The summed E-state index contributed by atoms with van der Waals surface area (Å²) in [7, 11) is 0. The third kappa shape index (κ3) is 5.87. The van der Waals surface area contributed by atoms with E-state index in [9.17, 15) is 0 Å². The van der Waals surface area contributed by atoms with E-state index in [1.165, 1.54) is 83.1 Å². The molecule has 0 bridgehead atoms. The largest absolute Gasteiger partial charge is 0.310 e. The fraction of sp³-hybridized carbons (Fsp3) is 0.0526. The van der Waals surface area contributed by atoms with Gasteiger partial charge in [-0.15, -0.1) is 0 Å². The molecule has 0 fully saturated rings. The second-order valence-corrected chi connectivity index (χ2v) is 16.2. The van der Waals surface area contributed by atoms with Crippen molar-refractivity contribution >= 4 is 38.9 Å². The van der Waals surface area contributed by atoms with Crippen molar-refractivity contribution in [2.45, 2.75) is 19.3 Å². The summed E-state index contributed by atoms with van der Waals surface area (Å²) in [6.07, 6.45) is 0. The highest BCUT2D eigenvalue weighted by Gasteiger charge is 2.36. The molecule has 10 aromatic rings. The van der Waals surface area contributed by atoms with Crippen LogP contribution in [-0.2, 0) is 5.41 Å². The van der Waals surface area contributed by atoms with Crippen LogP contribution in [0.4, 0.5) is 17.1 Å². The number of fused-ring (bicyclic) bond motifs is 6. The van der Waals surface area contributed by atoms with E-state index in [1.54, 1.807) is 0 Å². The van der Waals surface area contributed by atoms with Gasteiger partial charge in [0, 0.05) is 38.9 Å². The van der Waals surface area contributed by atoms with Crippen molar-refractivity contribution in [3.63, 3.8) is 0 Å². The molecule has 1 heterocycles. The summed E-state index contributed by atoms with van der Waals surface area (Å²) in [6, 6.07) is 79.7. The van der Waals surface area contributed by atoms with Crippen LogP contribution in [-0.4, -0.2) is 4.57 Å². The molecule has 2 heteroatoms. The summed E-state index contributed by atoms with van der Waals surface area (Å²) >= 11 is 0. The standard InChI is InChI=1S/C57H42N2/c1-57(2)53-37-47(33-35-49(53)50-36-34-48(38-54(50)57)59-55-19-11-9-17-51(55)52-18-10-12-20-56(52)59)58(45-29-25-43(26-30-45)40-15-7-4-8-16-40)46-31-27-44(28-32-46)42-23-21-41(22-24-42)39-13-5-3-6-14-39/h3-38H,1-2H3. The second kappa shape index (κ2) is 13.9. The molecule has 2 nitrogen and oxygen atoms in total. The normalized spacial score (nSPS) is 12.7. The Kier molecular flexibility index (Phi) is 8.20. The van der Waals surface area contributed by atoms with Gasteiger partial charge in [0.1, 0.15) is 0 Å². The summed E-state index contributed by atoms with van der Waals surface area (Å²) in [6.45, 7) is 4.77. The molecular weight excluding hydrogens is 713 g/mol. The first-order valence-corrected chi connectivity index (χ1v) is 20.5. The van der Waals surface area contributed by atoms with Crippen LogP contribution in [0.15, 0.2) is 218 Å². The molecule has 0 saturated carbocycles. The molecule has 0 spiro atoms. The third-order valence-corrected chi connectivity index (χ3v) is 12.4.